The average Bonchev–Trinajstić information content (AvgIpc) is 2.33. The fourth-order valence-electron chi connectivity index (χ4n) is 1.36. The summed E-state index contributed by atoms with van der Waals surface area (Å²) in [6, 6.07) is 3.07. The van der Waals surface area contributed by atoms with Crippen LogP contribution in [-0.4, -0.2) is 17.6 Å². The SMILES string of the molecule is CC.CC.Cc1cc(O)cc2c1OCC(=O)N2. The molecule has 1 aromatic rings. The second-order valence-electron chi connectivity index (χ2n) is 2.98. The van der Waals surface area contributed by atoms with E-state index in [1.54, 1.807) is 6.07 Å². The number of phenolic OH excluding ortho intramolecular Hbond substituents is 1. The lowest BCUT2D eigenvalue weighted by Gasteiger charge is -2.19. The maximum atomic E-state index is 10.9. The molecule has 0 saturated heterocycles. The van der Waals surface area contributed by atoms with Crippen molar-refractivity contribution in [3.05, 3.63) is 17.7 Å². The summed E-state index contributed by atoms with van der Waals surface area (Å²) in [6.07, 6.45) is 0. The zero-order chi connectivity index (χ0) is 13.4. The standard InChI is InChI=1S/C9H9NO3.2C2H6/c1-5-2-6(11)3-7-9(5)13-4-8(12)10-7;2*1-2/h2-3,11H,4H2,1H3,(H,10,12);2*1-2H3. The highest BCUT2D eigenvalue weighted by atomic mass is 16.5. The molecule has 0 bridgehead atoms. The predicted octanol–water partition coefficient (Wildman–Crippen LogP) is 3.08. The molecule has 4 heteroatoms. The molecule has 2 rings (SSSR count). The highest BCUT2D eigenvalue weighted by Crippen LogP contribution is 2.34. The third-order valence-corrected chi connectivity index (χ3v) is 1.88. The van der Waals surface area contributed by atoms with Gasteiger partial charge in [-0.15, -0.1) is 0 Å². The number of amides is 1. The molecule has 0 aromatic heterocycles. The summed E-state index contributed by atoms with van der Waals surface area (Å²) in [6.45, 7) is 9.86. The number of ether oxygens (including phenoxy) is 1. The van der Waals surface area contributed by atoms with Gasteiger partial charge in [-0.05, 0) is 18.6 Å². The molecule has 17 heavy (non-hydrogen) atoms. The minimum atomic E-state index is -0.197. The van der Waals surface area contributed by atoms with Crippen molar-refractivity contribution in [3.8, 4) is 11.5 Å². The molecule has 1 aliphatic rings. The average molecular weight is 239 g/mol. The minimum Gasteiger partial charge on any atom is -0.508 e. The highest BCUT2D eigenvalue weighted by molar-refractivity contribution is 5.96. The number of anilines is 1. The zero-order valence-corrected chi connectivity index (χ0v) is 11.1. The molecular formula is C13H21NO3. The number of hydrogen-bond donors (Lipinski definition) is 2. The molecule has 0 fully saturated rings. The number of benzene rings is 1. The summed E-state index contributed by atoms with van der Waals surface area (Å²) in [4.78, 5) is 10.9. The van der Waals surface area contributed by atoms with Crippen LogP contribution >= 0.6 is 0 Å². The Morgan fingerprint density at radius 1 is 1.24 bits per heavy atom. The van der Waals surface area contributed by atoms with Gasteiger partial charge in [-0.1, -0.05) is 27.7 Å². The van der Waals surface area contributed by atoms with Crippen LogP contribution < -0.4 is 10.1 Å². The molecule has 2 N–H and O–H groups in total. The lowest BCUT2D eigenvalue weighted by atomic mass is 10.1. The van der Waals surface area contributed by atoms with E-state index in [1.165, 1.54) is 6.07 Å². The van der Waals surface area contributed by atoms with Crippen LogP contribution in [0.15, 0.2) is 12.1 Å². The van der Waals surface area contributed by atoms with Gasteiger partial charge in [0.25, 0.3) is 5.91 Å². The molecule has 1 aliphatic heterocycles. The van der Waals surface area contributed by atoms with Crippen LogP contribution in [0.1, 0.15) is 33.3 Å². The van der Waals surface area contributed by atoms with Crippen LogP contribution in [0, 0.1) is 6.92 Å². The van der Waals surface area contributed by atoms with Crippen LogP contribution in [-0.2, 0) is 4.79 Å². The Kier molecular flexibility index (Phi) is 6.79. The van der Waals surface area contributed by atoms with Crippen LogP contribution in [0.5, 0.6) is 11.5 Å². The quantitative estimate of drug-likeness (QED) is 0.731. The van der Waals surface area contributed by atoms with Crippen molar-refractivity contribution in [2.75, 3.05) is 11.9 Å². The zero-order valence-electron chi connectivity index (χ0n) is 11.1. The Labute approximate surface area is 103 Å². The number of hydrogen-bond acceptors (Lipinski definition) is 3. The van der Waals surface area contributed by atoms with E-state index in [-0.39, 0.29) is 18.3 Å². The summed E-state index contributed by atoms with van der Waals surface area (Å²) < 4.78 is 5.20. The molecule has 1 heterocycles. The first-order chi connectivity index (χ1) is 8.16. The van der Waals surface area contributed by atoms with Crippen molar-refractivity contribution in [1.82, 2.24) is 0 Å². The first-order valence-electron chi connectivity index (χ1n) is 5.93. The van der Waals surface area contributed by atoms with Gasteiger partial charge in [0.1, 0.15) is 11.5 Å². The van der Waals surface area contributed by atoms with Crippen molar-refractivity contribution in [2.24, 2.45) is 0 Å². The maximum Gasteiger partial charge on any atom is 0.262 e. The van der Waals surface area contributed by atoms with Gasteiger partial charge in [-0.25, -0.2) is 0 Å². The van der Waals surface area contributed by atoms with E-state index in [9.17, 15) is 9.90 Å². The number of carbonyl (C=O) groups excluding carboxylic acids is 1. The Balaban J connectivity index is 0.000000581. The lowest BCUT2D eigenvalue weighted by Crippen LogP contribution is -2.25. The van der Waals surface area contributed by atoms with Gasteiger partial charge in [-0.3, -0.25) is 4.79 Å². The third-order valence-electron chi connectivity index (χ3n) is 1.88. The third kappa shape index (κ3) is 3.98. The van der Waals surface area contributed by atoms with Crippen LogP contribution in [0.4, 0.5) is 5.69 Å². The Hall–Kier alpha value is -1.71. The normalized spacial score (nSPS) is 11.7. The summed E-state index contributed by atoms with van der Waals surface area (Å²) in [5.74, 6) is 0.567. The number of rotatable bonds is 0. The number of fused-ring (bicyclic) bond motifs is 1. The Morgan fingerprint density at radius 2 is 1.82 bits per heavy atom. The Bertz CT molecular complexity index is 375. The topological polar surface area (TPSA) is 58.6 Å². The predicted molar refractivity (Wildman–Crippen MR) is 69.7 cm³/mol. The van der Waals surface area contributed by atoms with Gasteiger partial charge in [-0.2, -0.15) is 0 Å². The highest BCUT2D eigenvalue weighted by Gasteiger charge is 2.18. The molecule has 0 spiro atoms. The van der Waals surface area contributed by atoms with Crippen molar-refractivity contribution >= 4 is 11.6 Å². The molecule has 0 atom stereocenters. The number of aromatic hydroxyl groups is 1. The van der Waals surface area contributed by atoms with Crippen molar-refractivity contribution < 1.29 is 14.6 Å². The molecule has 1 aromatic carbocycles. The molecule has 96 valence electrons. The lowest BCUT2D eigenvalue weighted by molar-refractivity contribution is -0.118. The van der Waals surface area contributed by atoms with E-state index in [1.807, 2.05) is 34.6 Å². The van der Waals surface area contributed by atoms with Crippen LogP contribution in [0.2, 0.25) is 0 Å². The van der Waals surface area contributed by atoms with Gasteiger partial charge in [0, 0.05) is 6.07 Å². The minimum absolute atomic E-state index is 0.0403. The number of nitrogens with one attached hydrogen (secondary N) is 1. The maximum absolute atomic E-state index is 10.9. The molecule has 0 saturated carbocycles. The van der Waals surface area contributed by atoms with Crippen molar-refractivity contribution in [3.63, 3.8) is 0 Å². The van der Waals surface area contributed by atoms with Gasteiger partial charge in [0.2, 0.25) is 0 Å². The summed E-state index contributed by atoms with van der Waals surface area (Å²) in [7, 11) is 0. The summed E-state index contributed by atoms with van der Waals surface area (Å²) in [5, 5.41) is 11.9. The largest absolute Gasteiger partial charge is 0.508 e. The first kappa shape index (κ1) is 15.3. The van der Waals surface area contributed by atoms with Crippen molar-refractivity contribution in [2.45, 2.75) is 34.6 Å². The summed E-state index contributed by atoms with van der Waals surface area (Å²) in [5.41, 5.74) is 1.35. The Morgan fingerprint density at radius 3 is 2.41 bits per heavy atom. The molecule has 0 radical (unpaired) electrons. The van der Waals surface area contributed by atoms with Gasteiger partial charge >= 0.3 is 0 Å². The molecule has 0 aliphatic carbocycles. The van der Waals surface area contributed by atoms with E-state index >= 15 is 0 Å². The van der Waals surface area contributed by atoms with E-state index in [0.29, 0.717) is 11.4 Å². The molecule has 4 nitrogen and oxygen atoms in total. The monoisotopic (exact) mass is 239 g/mol. The molecule has 1 amide bonds. The van der Waals surface area contributed by atoms with Gasteiger partial charge in [0.05, 0.1) is 5.69 Å². The summed E-state index contributed by atoms with van der Waals surface area (Å²) >= 11 is 0. The van der Waals surface area contributed by atoms with Crippen molar-refractivity contribution in [1.29, 1.82) is 0 Å². The fraction of sp³-hybridized carbons (Fsp3) is 0.462. The van der Waals surface area contributed by atoms with Gasteiger partial charge in [0.15, 0.2) is 6.61 Å². The van der Waals surface area contributed by atoms with E-state index in [0.717, 1.165) is 5.56 Å². The van der Waals surface area contributed by atoms with Crippen LogP contribution in [0.3, 0.4) is 0 Å². The smallest absolute Gasteiger partial charge is 0.262 e. The molecule has 0 unspecified atom stereocenters. The molecular weight excluding hydrogens is 218 g/mol. The van der Waals surface area contributed by atoms with E-state index < -0.39 is 0 Å². The van der Waals surface area contributed by atoms with Gasteiger partial charge < -0.3 is 15.2 Å². The first-order valence-corrected chi connectivity index (χ1v) is 5.93. The number of carbonyl (C=O) groups is 1. The van der Waals surface area contributed by atoms with Crippen LogP contribution in [0.25, 0.3) is 0 Å². The van der Waals surface area contributed by atoms with E-state index in [4.69, 9.17) is 4.74 Å². The number of aryl methyl sites for hydroxylation is 1. The number of phenols is 1. The van der Waals surface area contributed by atoms with E-state index in [2.05, 4.69) is 5.32 Å². The second-order valence-corrected chi connectivity index (χ2v) is 2.98. The fourth-order valence-corrected chi connectivity index (χ4v) is 1.36. The second kappa shape index (κ2) is 7.54.